The summed E-state index contributed by atoms with van der Waals surface area (Å²) in [5, 5.41) is 7.44. The van der Waals surface area contributed by atoms with Gasteiger partial charge in [-0.3, -0.25) is 0 Å². The molecule has 0 N–H and O–H groups in total. The third-order valence-corrected chi connectivity index (χ3v) is 0.0745. The van der Waals surface area contributed by atoms with Crippen LogP contribution in [0.5, 0.6) is 0 Å². The van der Waals surface area contributed by atoms with Crippen LogP contribution in [0.3, 0.4) is 0 Å². The standard InChI is InChI=1S/C2HBN/c3-1-2-4/h1H. The summed E-state index contributed by atoms with van der Waals surface area (Å²) in [6.07, 6.45) is 0. The second-order valence-corrected chi connectivity index (χ2v) is 0.296. The monoisotopic (exact) mass is 50.0 g/mol. The summed E-state index contributed by atoms with van der Waals surface area (Å²) in [5.74, 6) is 0.931. The van der Waals surface area contributed by atoms with Crippen molar-refractivity contribution in [3.05, 3.63) is 0 Å². The molecule has 0 aliphatic heterocycles. The van der Waals surface area contributed by atoms with E-state index in [2.05, 4.69) is 7.49 Å². The second-order valence-electron chi connectivity index (χ2n) is 0.296. The molecule has 1 radical (unpaired) electrons. The molecule has 2 heteroatoms. The molecule has 0 saturated heterocycles. The van der Waals surface area contributed by atoms with Crippen LogP contribution in [-0.2, 0) is 0 Å². The molecule has 0 aliphatic rings. The summed E-state index contributed by atoms with van der Waals surface area (Å²) < 4.78 is 0. The Hall–Kier alpha value is -0.575. The zero-order valence-electron chi connectivity index (χ0n) is 2.10. The van der Waals surface area contributed by atoms with Gasteiger partial charge < -0.3 is 0 Å². The molecule has 0 unspecified atom stereocenters. The molecule has 17 valence electrons. The van der Waals surface area contributed by atoms with Crippen molar-refractivity contribution in [3.63, 3.8) is 0 Å². The van der Waals surface area contributed by atoms with E-state index < -0.39 is 0 Å². The van der Waals surface area contributed by atoms with Gasteiger partial charge in [0, 0.05) is 0 Å². The van der Waals surface area contributed by atoms with Crippen molar-refractivity contribution in [1.29, 1.82) is 5.26 Å². The molecule has 0 aromatic rings. The van der Waals surface area contributed by atoms with Gasteiger partial charge in [0.15, 0.2) is 0 Å². The van der Waals surface area contributed by atoms with Crippen molar-refractivity contribution in [2.45, 2.75) is 0 Å². The van der Waals surface area contributed by atoms with Gasteiger partial charge >= 0.3 is 24.8 Å². The van der Waals surface area contributed by atoms with Crippen LogP contribution in [-0.4, -0.2) is 13.5 Å². The zero-order chi connectivity index (χ0) is 3.41. The van der Waals surface area contributed by atoms with Gasteiger partial charge in [-0.05, 0) is 0 Å². The van der Waals surface area contributed by atoms with Crippen molar-refractivity contribution in [2.75, 3.05) is 0 Å². The van der Waals surface area contributed by atoms with E-state index in [1.54, 1.807) is 6.07 Å². The molecule has 4 heavy (non-hydrogen) atoms. The first-order chi connectivity index (χ1) is 1.91. The van der Waals surface area contributed by atoms with E-state index in [0.717, 1.165) is 5.97 Å². The Labute approximate surface area is 25.9 Å². The van der Waals surface area contributed by atoms with E-state index in [1.165, 1.54) is 0 Å². The zero-order valence-corrected chi connectivity index (χ0v) is 2.10. The topological polar surface area (TPSA) is 23.8 Å². The molecule has 0 aromatic heterocycles. The Morgan fingerprint density at radius 3 is 2.25 bits per heavy atom. The maximum atomic E-state index is 7.44. The van der Waals surface area contributed by atoms with Gasteiger partial charge in [0.25, 0.3) is 0 Å². The van der Waals surface area contributed by atoms with Gasteiger partial charge in [-0.1, -0.05) is 0 Å². The van der Waals surface area contributed by atoms with Crippen LogP contribution < -0.4 is 0 Å². The first kappa shape index (κ1) is 3.42. The molecule has 0 aromatic carbocycles. The van der Waals surface area contributed by atoms with E-state index in [-0.39, 0.29) is 0 Å². The molecular weight excluding hydrogens is 48.8 g/mol. The summed E-state index contributed by atoms with van der Waals surface area (Å²) >= 11 is 0. The van der Waals surface area contributed by atoms with Gasteiger partial charge in [-0.2, -0.15) is 0 Å². The maximum absolute atomic E-state index is 7.44. The molecule has 0 spiro atoms. The summed E-state index contributed by atoms with van der Waals surface area (Å²) in [7, 11) is 4.54. The van der Waals surface area contributed by atoms with Crippen LogP contribution in [0, 0.1) is 11.3 Å². The quantitative estimate of drug-likeness (QED) is 0.339. The fourth-order valence-corrected chi connectivity index (χ4v) is 0. The Morgan fingerprint density at radius 1 is 2.00 bits per heavy atom. The minimum absolute atomic E-state index is 0.931. The number of nitriles is 1. The summed E-state index contributed by atoms with van der Waals surface area (Å²) in [6.45, 7) is 0. The fraction of sp³-hybridized carbons (Fsp3) is 0. The van der Waals surface area contributed by atoms with Crippen LogP contribution in [0.25, 0.3) is 0 Å². The van der Waals surface area contributed by atoms with Crippen LogP contribution in [0.4, 0.5) is 0 Å². The van der Waals surface area contributed by atoms with Gasteiger partial charge in [0.1, 0.15) is 0 Å². The van der Waals surface area contributed by atoms with E-state index in [9.17, 15) is 0 Å². The predicted octanol–water partition coefficient (Wildman–Crippen LogP) is -0.519. The van der Waals surface area contributed by atoms with Crippen molar-refractivity contribution in [2.24, 2.45) is 0 Å². The van der Waals surface area contributed by atoms with Crippen molar-refractivity contribution >= 4 is 13.5 Å². The number of rotatable bonds is 0. The number of hydrogen-bond acceptors (Lipinski definition) is 1. The SMILES string of the molecule is [B]=CC#N. The molecule has 0 aliphatic carbocycles. The molecule has 0 atom stereocenters. The Morgan fingerprint density at radius 2 is 2.25 bits per heavy atom. The van der Waals surface area contributed by atoms with Gasteiger partial charge in [-0.15, -0.1) is 0 Å². The van der Waals surface area contributed by atoms with Gasteiger partial charge in [0.2, 0.25) is 0 Å². The van der Waals surface area contributed by atoms with Crippen molar-refractivity contribution in [1.82, 2.24) is 0 Å². The number of hydrogen-bond donors (Lipinski definition) is 0. The average molecular weight is 49.8 g/mol. The molecule has 0 bridgehead atoms. The van der Waals surface area contributed by atoms with Crippen LogP contribution in [0.1, 0.15) is 0 Å². The molecule has 0 rings (SSSR count). The van der Waals surface area contributed by atoms with Gasteiger partial charge in [-0.25, -0.2) is 0 Å². The van der Waals surface area contributed by atoms with E-state index in [4.69, 9.17) is 5.26 Å². The molecule has 0 fully saturated rings. The van der Waals surface area contributed by atoms with E-state index >= 15 is 0 Å². The Balaban J connectivity index is 2.92. The molecular formula is C2HBN. The van der Waals surface area contributed by atoms with E-state index in [0.29, 0.717) is 0 Å². The first-order valence-corrected chi connectivity index (χ1v) is 0.846. The minimum atomic E-state index is 0.931. The molecule has 1 nitrogen and oxygen atoms in total. The van der Waals surface area contributed by atoms with Crippen LogP contribution >= 0.6 is 0 Å². The predicted molar refractivity (Wildman–Crippen MR) is 17.4 cm³/mol. The summed E-state index contributed by atoms with van der Waals surface area (Å²) in [5.41, 5.74) is 0. The summed E-state index contributed by atoms with van der Waals surface area (Å²) in [4.78, 5) is 0. The van der Waals surface area contributed by atoms with Crippen LogP contribution in [0.2, 0.25) is 0 Å². The van der Waals surface area contributed by atoms with Crippen molar-refractivity contribution in [3.8, 4) is 6.07 Å². The normalized spacial score (nSPS) is 3.50. The van der Waals surface area contributed by atoms with E-state index in [1.807, 2.05) is 0 Å². The fourth-order valence-electron chi connectivity index (χ4n) is 0. The second kappa shape index (κ2) is 2.42. The summed E-state index contributed by atoms with van der Waals surface area (Å²) in [6, 6.07) is 1.58. The average Bonchev–Trinajstić information content (AvgIpc) is 1.37. The van der Waals surface area contributed by atoms with Gasteiger partial charge in [0.05, 0.1) is 0 Å². The van der Waals surface area contributed by atoms with Crippen molar-refractivity contribution < 1.29 is 0 Å². The third-order valence-electron chi connectivity index (χ3n) is 0.0745. The Kier molecular flexibility index (Phi) is 2.08. The van der Waals surface area contributed by atoms with Crippen LogP contribution in [0.15, 0.2) is 0 Å². The molecule has 0 heterocycles. The Bertz CT molecular complexity index is 51.5. The molecule has 0 amide bonds. The molecule has 0 saturated carbocycles. The first-order valence-electron chi connectivity index (χ1n) is 0.846. The number of nitrogens with zero attached hydrogens (tertiary/aromatic N) is 1. The third kappa shape index (κ3) is 1.42.